The van der Waals surface area contributed by atoms with E-state index >= 15 is 0 Å². The predicted molar refractivity (Wildman–Crippen MR) is 75.4 cm³/mol. The second-order valence-corrected chi connectivity index (χ2v) is 5.54. The SMILES string of the molecule is O=C(N[C@@H]1[C@H](C(=O)O)[C@H]2C=C[C@H]1C2)OCc1ccccc1. The maximum Gasteiger partial charge on any atom is 0.407 e. The Balaban J connectivity index is 1.57. The molecule has 1 amide bonds. The Morgan fingerprint density at radius 3 is 2.62 bits per heavy atom. The molecule has 4 atom stereocenters. The predicted octanol–water partition coefficient (Wildman–Crippen LogP) is 2.19. The third-order valence-electron chi connectivity index (χ3n) is 4.24. The molecule has 0 heterocycles. The number of benzene rings is 1. The van der Waals surface area contributed by atoms with Crippen molar-refractivity contribution in [3.05, 3.63) is 48.0 Å². The Hall–Kier alpha value is -2.30. The molecule has 1 fully saturated rings. The summed E-state index contributed by atoms with van der Waals surface area (Å²) in [4.78, 5) is 23.2. The van der Waals surface area contributed by atoms with E-state index in [-0.39, 0.29) is 24.5 Å². The first-order valence-corrected chi connectivity index (χ1v) is 7.03. The van der Waals surface area contributed by atoms with E-state index in [4.69, 9.17) is 4.74 Å². The van der Waals surface area contributed by atoms with Crippen LogP contribution < -0.4 is 5.32 Å². The Kier molecular flexibility index (Phi) is 3.64. The molecule has 21 heavy (non-hydrogen) atoms. The van der Waals surface area contributed by atoms with Gasteiger partial charge in [-0.15, -0.1) is 0 Å². The van der Waals surface area contributed by atoms with Crippen LogP contribution in [0, 0.1) is 17.8 Å². The number of carbonyl (C=O) groups is 2. The number of allylic oxidation sites excluding steroid dienone is 1. The summed E-state index contributed by atoms with van der Waals surface area (Å²) >= 11 is 0. The lowest BCUT2D eigenvalue weighted by Crippen LogP contribution is -2.45. The lowest BCUT2D eigenvalue weighted by Gasteiger charge is -2.25. The van der Waals surface area contributed by atoms with Gasteiger partial charge in [0.1, 0.15) is 6.61 Å². The second-order valence-electron chi connectivity index (χ2n) is 5.54. The molecule has 2 aliphatic carbocycles. The van der Waals surface area contributed by atoms with Gasteiger partial charge in [0, 0.05) is 0 Å². The summed E-state index contributed by atoms with van der Waals surface area (Å²) in [5.74, 6) is -1.29. The van der Waals surface area contributed by atoms with Crippen LogP contribution in [0.3, 0.4) is 0 Å². The van der Waals surface area contributed by atoms with Gasteiger partial charge in [-0.3, -0.25) is 4.79 Å². The highest BCUT2D eigenvalue weighted by molar-refractivity contribution is 5.75. The number of carboxylic acids is 1. The van der Waals surface area contributed by atoms with E-state index < -0.39 is 18.0 Å². The van der Waals surface area contributed by atoms with Gasteiger partial charge < -0.3 is 15.2 Å². The van der Waals surface area contributed by atoms with E-state index in [1.54, 1.807) is 0 Å². The zero-order valence-electron chi connectivity index (χ0n) is 11.4. The molecule has 0 aromatic heterocycles. The summed E-state index contributed by atoms with van der Waals surface area (Å²) in [5, 5.41) is 12.0. The van der Waals surface area contributed by atoms with Crippen LogP contribution in [0.1, 0.15) is 12.0 Å². The first-order chi connectivity index (χ1) is 10.1. The fourth-order valence-electron chi connectivity index (χ4n) is 3.26. The van der Waals surface area contributed by atoms with Gasteiger partial charge in [-0.25, -0.2) is 4.79 Å². The molecular weight excluding hydrogens is 270 g/mol. The molecule has 2 aliphatic rings. The van der Waals surface area contributed by atoms with Crippen molar-refractivity contribution >= 4 is 12.1 Å². The zero-order valence-corrected chi connectivity index (χ0v) is 11.4. The van der Waals surface area contributed by atoms with Crippen molar-refractivity contribution in [2.75, 3.05) is 0 Å². The van der Waals surface area contributed by atoms with E-state index in [0.717, 1.165) is 12.0 Å². The average Bonchev–Trinajstić information content (AvgIpc) is 3.07. The summed E-state index contributed by atoms with van der Waals surface area (Å²) in [6.07, 6.45) is 4.17. The summed E-state index contributed by atoms with van der Waals surface area (Å²) in [5.41, 5.74) is 0.898. The number of amides is 1. The van der Waals surface area contributed by atoms with Crippen molar-refractivity contribution in [3.8, 4) is 0 Å². The first kappa shape index (κ1) is 13.7. The summed E-state index contributed by atoms with van der Waals surface area (Å²) < 4.78 is 5.16. The Morgan fingerprint density at radius 2 is 1.90 bits per heavy atom. The number of nitrogens with one attached hydrogen (secondary N) is 1. The van der Waals surface area contributed by atoms with Crippen LogP contribution in [0.15, 0.2) is 42.5 Å². The molecule has 5 heteroatoms. The minimum atomic E-state index is -0.861. The number of aliphatic carboxylic acids is 1. The van der Waals surface area contributed by atoms with Gasteiger partial charge in [0.05, 0.1) is 12.0 Å². The average molecular weight is 287 g/mol. The molecule has 0 spiro atoms. The van der Waals surface area contributed by atoms with Crippen LogP contribution in [0.5, 0.6) is 0 Å². The van der Waals surface area contributed by atoms with Gasteiger partial charge in [0.25, 0.3) is 0 Å². The van der Waals surface area contributed by atoms with Crippen molar-refractivity contribution in [3.63, 3.8) is 0 Å². The number of hydrogen-bond acceptors (Lipinski definition) is 3. The normalized spacial score (nSPS) is 29.3. The number of carboxylic acid groups (broad SMARTS) is 1. The molecule has 0 saturated heterocycles. The third-order valence-corrected chi connectivity index (χ3v) is 4.24. The number of alkyl carbamates (subject to hydrolysis) is 1. The fourth-order valence-corrected chi connectivity index (χ4v) is 3.26. The van der Waals surface area contributed by atoms with Crippen LogP contribution in [0.4, 0.5) is 4.79 Å². The monoisotopic (exact) mass is 287 g/mol. The number of rotatable bonds is 4. The Labute approximate surface area is 122 Å². The van der Waals surface area contributed by atoms with E-state index in [2.05, 4.69) is 5.32 Å². The number of carbonyl (C=O) groups excluding carboxylic acids is 1. The van der Waals surface area contributed by atoms with Crippen LogP contribution in [-0.4, -0.2) is 23.2 Å². The molecule has 0 aliphatic heterocycles. The van der Waals surface area contributed by atoms with Crippen molar-refractivity contribution in [2.45, 2.75) is 19.1 Å². The van der Waals surface area contributed by atoms with Gasteiger partial charge in [-0.2, -0.15) is 0 Å². The smallest absolute Gasteiger partial charge is 0.407 e. The van der Waals surface area contributed by atoms with Crippen molar-refractivity contribution in [1.29, 1.82) is 0 Å². The summed E-state index contributed by atoms with van der Waals surface area (Å²) in [6, 6.07) is 9.00. The molecule has 5 nitrogen and oxygen atoms in total. The minimum Gasteiger partial charge on any atom is -0.481 e. The molecular formula is C16H17NO4. The zero-order chi connectivity index (χ0) is 14.8. The number of hydrogen-bond donors (Lipinski definition) is 2. The molecule has 2 N–H and O–H groups in total. The molecule has 1 saturated carbocycles. The Morgan fingerprint density at radius 1 is 1.19 bits per heavy atom. The summed E-state index contributed by atoms with van der Waals surface area (Å²) in [6.45, 7) is 0.182. The van der Waals surface area contributed by atoms with E-state index in [1.807, 2.05) is 42.5 Å². The van der Waals surface area contributed by atoms with Crippen LogP contribution in [0.2, 0.25) is 0 Å². The molecule has 110 valence electrons. The second kappa shape index (κ2) is 5.60. The molecule has 0 radical (unpaired) electrons. The Bertz CT molecular complexity index is 569. The van der Waals surface area contributed by atoms with E-state index in [0.29, 0.717) is 0 Å². The van der Waals surface area contributed by atoms with E-state index in [9.17, 15) is 14.7 Å². The standard InChI is InChI=1S/C16H17NO4/c18-15(19)13-11-6-7-12(8-11)14(13)17-16(20)21-9-10-4-2-1-3-5-10/h1-7,11-14H,8-9H2,(H,17,20)(H,18,19)/t11-,12-,13+,14-/m0/s1. The van der Waals surface area contributed by atoms with Crippen molar-refractivity contribution in [1.82, 2.24) is 5.32 Å². The lowest BCUT2D eigenvalue weighted by atomic mass is 9.89. The topological polar surface area (TPSA) is 75.6 Å². The van der Waals surface area contributed by atoms with Crippen molar-refractivity contribution in [2.24, 2.45) is 17.8 Å². The van der Waals surface area contributed by atoms with Gasteiger partial charge >= 0.3 is 12.1 Å². The lowest BCUT2D eigenvalue weighted by molar-refractivity contribution is -0.143. The highest BCUT2D eigenvalue weighted by Gasteiger charge is 2.49. The molecule has 2 bridgehead atoms. The van der Waals surface area contributed by atoms with Crippen LogP contribution >= 0.6 is 0 Å². The van der Waals surface area contributed by atoms with Gasteiger partial charge in [0.2, 0.25) is 0 Å². The highest BCUT2D eigenvalue weighted by Crippen LogP contribution is 2.43. The quantitative estimate of drug-likeness (QED) is 0.832. The van der Waals surface area contributed by atoms with E-state index in [1.165, 1.54) is 0 Å². The number of fused-ring (bicyclic) bond motifs is 2. The maximum absolute atomic E-state index is 11.9. The molecule has 1 aromatic rings. The highest BCUT2D eigenvalue weighted by atomic mass is 16.5. The van der Waals surface area contributed by atoms with Crippen LogP contribution in [0.25, 0.3) is 0 Å². The molecule has 3 rings (SSSR count). The molecule has 0 unspecified atom stereocenters. The third kappa shape index (κ3) is 2.77. The summed E-state index contributed by atoms with van der Waals surface area (Å²) in [7, 11) is 0. The largest absolute Gasteiger partial charge is 0.481 e. The van der Waals surface area contributed by atoms with Gasteiger partial charge in [-0.1, -0.05) is 42.5 Å². The van der Waals surface area contributed by atoms with Gasteiger partial charge in [-0.05, 0) is 23.8 Å². The maximum atomic E-state index is 11.9. The van der Waals surface area contributed by atoms with Gasteiger partial charge in [0.15, 0.2) is 0 Å². The molecule has 1 aromatic carbocycles. The number of ether oxygens (including phenoxy) is 1. The van der Waals surface area contributed by atoms with Crippen LogP contribution in [-0.2, 0) is 16.1 Å². The minimum absolute atomic E-state index is 0.0203. The van der Waals surface area contributed by atoms with Crippen molar-refractivity contribution < 1.29 is 19.4 Å². The first-order valence-electron chi connectivity index (χ1n) is 7.03. The fraction of sp³-hybridized carbons (Fsp3) is 0.375.